The molecule has 3 aliphatic heterocycles. The molecule has 1 aromatic heterocycles. The van der Waals surface area contributed by atoms with Gasteiger partial charge in [-0.2, -0.15) is 0 Å². The molecule has 0 spiro atoms. The van der Waals surface area contributed by atoms with E-state index in [9.17, 15) is 62.6 Å². The van der Waals surface area contributed by atoms with Crippen molar-refractivity contribution in [1.82, 2.24) is 56.5 Å². The number of esters is 1. The van der Waals surface area contributed by atoms with Gasteiger partial charge in [-0.05, 0) is 119 Å². The number of nitrogens with zero attached hydrogens (tertiary/aromatic N) is 10. The number of likely N-dealkylation sites (tertiary alicyclic amines) is 2. The van der Waals surface area contributed by atoms with Crippen molar-refractivity contribution in [2.24, 2.45) is 16.0 Å². The lowest BCUT2D eigenvalue weighted by molar-refractivity contribution is -0.155. The number of aliphatic carboxylic acids is 1. The number of H-pyrrole nitrogens is 1. The van der Waals surface area contributed by atoms with Gasteiger partial charge in [-0.3, -0.25) is 48.1 Å². The standard InChI is InChI=1S/C68H90N18O16S3/c1-68(2,3)105-104-38-52(78-66(98)101-35-41-20-24-44(25-21-41)79-81-70)61(93)74-48(17-9-11-29-83(4)5)60(92)77-51(32-43-34-73-47-15-7-6-14-46(43)47)65(97)100-37-56(87)84-30-13-19-54(84)63(95)75-49(59(91)76-50(33-57(88)89)64(96)85-31-12-18-53(85)58(69)90)16-8-10-28-72-62(94)55-39-103-40-86(55)67(99)102-36-42-22-26-45(27-23-42)80-82-71/h6-7,14-15,20-27,34,48-55,73H,8-13,16-19,28-33,35-40H2,1-5H3,(H2,69,90)(H,72,94)(H,74,93)(H,75,95)(H,76,91)(H,77,92)(H,78,98)(H,88,89)/t48-,49+,50+,51-,52+,53+,54+,55+/m1/s1. The maximum atomic E-state index is 14.8. The Morgan fingerprint density at radius 1 is 0.695 bits per heavy atom. The number of primary amides is 1. The molecule has 8 atom stereocenters. The highest BCUT2D eigenvalue weighted by atomic mass is 33.1. The number of amides is 10. The summed E-state index contributed by atoms with van der Waals surface area (Å²) in [5.41, 5.74) is 26.3. The second-order valence-electron chi connectivity index (χ2n) is 26.4. The van der Waals surface area contributed by atoms with Gasteiger partial charge in [0.05, 0.1) is 12.3 Å². The molecule has 3 saturated heterocycles. The predicted molar refractivity (Wildman–Crippen MR) is 391 cm³/mol. The number of rotatable bonds is 38. The lowest BCUT2D eigenvalue weighted by Gasteiger charge is -2.29. The summed E-state index contributed by atoms with van der Waals surface area (Å²) >= 11 is 1.34. The molecule has 0 unspecified atom stereocenters. The second-order valence-corrected chi connectivity index (χ2v) is 30.6. The summed E-state index contributed by atoms with van der Waals surface area (Å²) in [4.78, 5) is 180. The molecule has 0 saturated carbocycles. The number of aromatic amines is 1. The molecular formula is C68H90N18O16S3. The first kappa shape index (κ1) is 82.4. The van der Waals surface area contributed by atoms with E-state index >= 15 is 0 Å². The van der Waals surface area contributed by atoms with E-state index in [1.807, 2.05) is 51.9 Å². The molecule has 3 fully saturated rings. The number of ether oxygens (including phenoxy) is 3. The van der Waals surface area contributed by atoms with Gasteiger partial charge in [-0.1, -0.05) is 119 Å². The number of carbonyl (C=O) groups is 12. The van der Waals surface area contributed by atoms with E-state index in [0.717, 1.165) is 4.90 Å². The second kappa shape index (κ2) is 40.9. The number of unbranched alkanes of at least 4 members (excludes halogenated alkanes) is 2. The molecule has 0 aliphatic carbocycles. The molecule has 37 heteroatoms. The normalized spacial score (nSPS) is 17.0. The number of hydrogen-bond acceptors (Lipinski definition) is 21. The highest BCUT2D eigenvalue weighted by Gasteiger charge is 2.42. The number of benzene rings is 3. The van der Waals surface area contributed by atoms with Gasteiger partial charge >= 0.3 is 24.1 Å². The summed E-state index contributed by atoms with van der Waals surface area (Å²) in [7, 11) is 6.55. The first-order chi connectivity index (χ1) is 50.2. The average Bonchev–Trinajstić information content (AvgIpc) is 1.73. The number of nitrogens with one attached hydrogen (secondary N) is 7. The molecular weight excluding hydrogens is 1420 g/mol. The number of aromatic nitrogens is 1. The summed E-state index contributed by atoms with van der Waals surface area (Å²) in [6.45, 7) is 5.42. The average molecular weight is 1510 g/mol. The number of para-hydroxylation sites is 1. The van der Waals surface area contributed by atoms with Crippen LogP contribution in [0.15, 0.2) is 89.2 Å². The molecule has 0 bridgehead atoms. The van der Waals surface area contributed by atoms with Crippen molar-refractivity contribution in [3.8, 4) is 0 Å². The van der Waals surface area contributed by atoms with E-state index in [1.54, 1.807) is 66.9 Å². The monoisotopic (exact) mass is 1510 g/mol. The Balaban J connectivity index is 1.04. The van der Waals surface area contributed by atoms with Crippen LogP contribution in [0.4, 0.5) is 21.0 Å². The van der Waals surface area contributed by atoms with Gasteiger partial charge in [0.2, 0.25) is 41.4 Å². The van der Waals surface area contributed by atoms with Crippen LogP contribution in [0.1, 0.15) is 108 Å². The van der Waals surface area contributed by atoms with Crippen molar-refractivity contribution in [1.29, 1.82) is 0 Å². The van der Waals surface area contributed by atoms with E-state index in [-0.39, 0.29) is 106 Å². The highest BCUT2D eigenvalue weighted by Crippen LogP contribution is 2.35. The number of carbonyl (C=O) groups excluding carboxylic acids is 11. The van der Waals surface area contributed by atoms with Crippen LogP contribution in [-0.2, 0) is 81.8 Å². The Hall–Kier alpha value is -9.93. The van der Waals surface area contributed by atoms with Crippen molar-refractivity contribution < 1.29 is 76.9 Å². The first-order valence-electron chi connectivity index (χ1n) is 34.2. The Bertz CT molecular complexity index is 3830. The van der Waals surface area contributed by atoms with Crippen LogP contribution in [0.25, 0.3) is 31.8 Å². The van der Waals surface area contributed by atoms with Gasteiger partial charge in [0, 0.05) is 80.6 Å². The number of carboxylic acid groups (broad SMARTS) is 1. The largest absolute Gasteiger partial charge is 0.481 e. The number of thioether (sulfide) groups is 1. The third kappa shape index (κ3) is 26.0. The number of carboxylic acids is 1. The fourth-order valence-electron chi connectivity index (χ4n) is 11.8. The minimum atomic E-state index is -1.71. The van der Waals surface area contributed by atoms with Crippen LogP contribution in [-0.4, -0.2) is 218 Å². The Kier molecular flexibility index (Phi) is 32.1. The van der Waals surface area contributed by atoms with E-state index < -0.39 is 133 Å². The van der Waals surface area contributed by atoms with Gasteiger partial charge in [0.15, 0.2) is 6.61 Å². The van der Waals surface area contributed by atoms with Crippen molar-refractivity contribution in [2.45, 2.75) is 164 Å². The molecule has 3 aromatic carbocycles. The number of fused-ring (bicyclic) bond motifs is 1. The quantitative estimate of drug-likeness (QED) is 0.00457. The van der Waals surface area contributed by atoms with E-state index in [1.165, 1.54) is 43.1 Å². The van der Waals surface area contributed by atoms with Crippen molar-refractivity contribution >= 4 is 127 Å². The zero-order chi connectivity index (χ0) is 76.2. The highest BCUT2D eigenvalue weighted by molar-refractivity contribution is 8.77. The minimum absolute atomic E-state index is 0.000720. The molecule has 4 aromatic rings. The number of azide groups is 2. The molecule has 3 aliphatic rings. The van der Waals surface area contributed by atoms with Crippen LogP contribution >= 0.6 is 33.3 Å². The van der Waals surface area contributed by atoms with E-state index in [4.69, 9.17) is 31.0 Å². The molecule has 10 amide bonds. The fourth-order valence-corrected chi connectivity index (χ4v) is 15.4. The van der Waals surface area contributed by atoms with Crippen molar-refractivity contribution in [3.05, 3.63) is 117 Å². The third-order valence-corrected chi connectivity index (χ3v) is 21.5. The molecule has 0 radical (unpaired) electrons. The molecule has 4 heterocycles. The lowest BCUT2D eigenvalue weighted by Crippen LogP contribution is -2.58. The number of hydrogen-bond donors (Lipinski definition) is 9. The van der Waals surface area contributed by atoms with Crippen LogP contribution < -0.4 is 37.6 Å². The summed E-state index contributed by atoms with van der Waals surface area (Å²) < 4.78 is 16.4. The predicted octanol–water partition coefficient (Wildman–Crippen LogP) is 6.22. The summed E-state index contributed by atoms with van der Waals surface area (Å²) in [6, 6.07) is 9.49. The van der Waals surface area contributed by atoms with Crippen LogP contribution in [0.3, 0.4) is 0 Å². The zero-order valence-electron chi connectivity index (χ0n) is 59.0. The van der Waals surface area contributed by atoms with E-state index in [2.05, 4.69) is 56.9 Å². The topological polar surface area (TPSA) is 477 Å². The van der Waals surface area contributed by atoms with Crippen molar-refractivity contribution in [3.63, 3.8) is 0 Å². The summed E-state index contributed by atoms with van der Waals surface area (Å²) in [5, 5.41) is 33.9. The maximum Gasteiger partial charge on any atom is 0.411 e. The minimum Gasteiger partial charge on any atom is -0.481 e. The molecule has 10 N–H and O–H groups in total. The van der Waals surface area contributed by atoms with Gasteiger partial charge in [-0.15, -0.1) is 11.8 Å². The van der Waals surface area contributed by atoms with Gasteiger partial charge < -0.3 is 76.6 Å². The molecule has 566 valence electrons. The van der Waals surface area contributed by atoms with Gasteiger partial charge in [0.1, 0.15) is 61.5 Å². The Labute approximate surface area is 618 Å². The molecule has 7 rings (SSSR count). The summed E-state index contributed by atoms with van der Waals surface area (Å²) in [6.07, 6.45) is 1.17. The lowest BCUT2D eigenvalue weighted by atomic mass is 10.0. The van der Waals surface area contributed by atoms with Gasteiger partial charge in [-0.25, -0.2) is 14.4 Å². The smallest absolute Gasteiger partial charge is 0.411 e. The fraction of sp³-hybridized carbons (Fsp3) is 0.529. The number of alkyl carbamates (subject to hydrolysis) is 1. The van der Waals surface area contributed by atoms with Crippen LogP contribution in [0, 0.1) is 0 Å². The third-order valence-electron chi connectivity index (χ3n) is 17.1. The van der Waals surface area contributed by atoms with Crippen LogP contribution in [0.5, 0.6) is 0 Å². The van der Waals surface area contributed by atoms with Gasteiger partial charge in [0.25, 0.3) is 5.91 Å². The maximum absolute atomic E-state index is 14.8. The van der Waals surface area contributed by atoms with Crippen molar-refractivity contribution in [2.75, 3.05) is 64.3 Å². The zero-order valence-corrected chi connectivity index (χ0v) is 61.5. The number of nitrogens with two attached hydrogens (primary N) is 1. The Morgan fingerprint density at radius 2 is 1.29 bits per heavy atom. The summed E-state index contributed by atoms with van der Waals surface area (Å²) in [5.74, 6) is -8.38. The van der Waals surface area contributed by atoms with Crippen LogP contribution in [0.2, 0.25) is 0 Å². The SMILES string of the molecule is CN(C)CCCC[C@@H](NC(=O)[C@H](CSSC(C)(C)C)NC(=O)OCc1ccc(N=[N+]=[N-])cc1)C(=O)N[C@H](Cc1c[nH]c2ccccc12)C(=O)OCC(=O)N1CCC[C@H]1C(=O)N[C@@H](CCCCNC(=O)[C@@H]1CSCN1C(=O)OCc1ccc(N=[N+]=[N-])cc1)C(=O)N[C@@H](CC(=O)O)C(=O)N1CCC[C@H]1C(N)=O. The molecule has 34 nitrogen and oxygen atoms in total. The first-order valence-corrected chi connectivity index (χ1v) is 37.7. The van der Waals surface area contributed by atoms with E-state index in [0.29, 0.717) is 64.8 Å². The molecule has 105 heavy (non-hydrogen) atoms. The Morgan fingerprint density at radius 3 is 1.91 bits per heavy atom.